The molecule has 0 atom stereocenters. The molecule has 0 aliphatic carbocycles. The van der Waals surface area contributed by atoms with Crippen molar-refractivity contribution >= 4 is 11.0 Å². The summed E-state index contributed by atoms with van der Waals surface area (Å²) < 4.78 is 42.9. The van der Waals surface area contributed by atoms with Gasteiger partial charge in [0, 0.05) is 19.6 Å². The number of ether oxygens (including phenoxy) is 1. The van der Waals surface area contributed by atoms with Crippen molar-refractivity contribution in [3.8, 4) is 0 Å². The fraction of sp³-hybridized carbons (Fsp3) is 0.462. The van der Waals surface area contributed by atoms with Crippen molar-refractivity contribution in [2.24, 2.45) is 0 Å². The van der Waals surface area contributed by atoms with Crippen LogP contribution in [0.2, 0.25) is 0 Å². The van der Waals surface area contributed by atoms with E-state index in [9.17, 15) is 13.2 Å². The van der Waals surface area contributed by atoms with Crippen LogP contribution in [0.15, 0.2) is 18.2 Å². The van der Waals surface area contributed by atoms with Gasteiger partial charge in [-0.2, -0.15) is 13.2 Å². The first-order chi connectivity index (χ1) is 9.00. The third-order valence-corrected chi connectivity index (χ3v) is 2.76. The van der Waals surface area contributed by atoms with Gasteiger partial charge in [0.25, 0.3) is 0 Å². The Morgan fingerprint density at radius 3 is 2.79 bits per heavy atom. The smallest absolute Gasteiger partial charge is 0.382 e. The Hall–Kier alpha value is -1.56. The average molecular weight is 272 g/mol. The van der Waals surface area contributed by atoms with Crippen LogP contribution in [0, 0.1) is 0 Å². The molecular weight excluding hydrogens is 257 g/mol. The van der Waals surface area contributed by atoms with E-state index in [1.54, 1.807) is 0 Å². The molecule has 2 rings (SSSR count). The van der Waals surface area contributed by atoms with Crippen LogP contribution in [-0.2, 0) is 17.3 Å². The first kappa shape index (κ1) is 13.9. The second-order valence-electron chi connectivity index (χ2n) is 4.21. The molecule has 0 spiro atoms. The zero-order valence-electron chi connectivity index (χ0n) is 10.5. The molecule has 0 bridgehead atoms. The van der Waals surface area contributed by atoms with E-state index >= 15 is 0 Å². The number of aromatic amines is 1. The molecule has 0 unspecified atom stereocenters. The molecule has 1 aromatic heterocycles. The van der Waals surface area contributed by atoms with Gasteiger partial charge in [0.1, 0.15) is 5.82 Å². The Balaban J connectivity index is 2.12. The van der Waals surface area contributed by atoms with E-state index in [2.05, 4.69) is 9.97 Å². The van der Waals surface area contributed by atoms with E-state index in [1.165, 1.54) is 6.07 Å². The Kier molecular flexibility index (Phi) is 4.09. The third kappa shape index (κ3) is 3.47. The molecule has 19 heavy (non-hydrogen) atoms. The van der Waals surface area contributed by atoms with Gasteiger partial charge in [0.15, 0.2) is 0 Å². The van der Waals surface area contributed by atoms with Crippen molar-refractivity contribution in [2.45, 2.75) is 25.9 Å². The molecule has 0 saturated carbocycles. The summed E-state index contributed by atoms with van der Waals surface area (Å²) in [6, 6.07) is 3.53. The van der Waals surface area contributed by atoms with Gasteiger partial charge < -0.3 is 9.72 Å². The molecule has 1 heterocycles. The number of imidazole rings is 1. The molecule has 1 N–H and O–H groups in total. The minimum absolute atomic E-state index is 0.418. The first-order valence-corrected chi connectivity index (χ1v) is 6.14. The zero-order chi connectivity index (χ0) is 13.9. The van der Waals surface area contributed by atoms with Crippen molar-refractivity contribution in [3.05, 3.63) is 29.6 Å². The van der Waals surface area contributed by atoms with Crippen LogP contribution in [0.4, 0.5) is 13.2 Å². The monoisotopic (exact) mass is 272 g/mol. The summed E-state index contributed by atoms with van der Waals surface area (Å²) in [7, 11) is 0. The number of H-pyrrole nitrogens is 1. The Labute approximate surface area is 108 Å². The van der Waals surface area contributed by atoms with Crippen LogP contribution >= 0.6 is 0 Å². The maximum Gasteiger partial charge on any atom is 0.416 e. The van der Waals surface area contributed by atoms with Crippen molar-refractivity contribution in [2.75, 3.05) is 13.2 Å². The second kappa shape index (κ2) is 5.61. The Bertz CT molecular complexity index is 548. The van der Waals surface area contributed by atoms with E-state index in [-0.39, 0.29) is 0 Å². The Morgan fingerprint density at radius 2 is 2.11 bits per heavy atom. The first-order valence-electron chi connectivity index (χ1n) is 6.14. The minimum atomic E-state index is -4.32. The van der Waals surface area contributed by atoms with Crippen molar-refractivity contribution in [3.63, 3.8) is 0 Å². The van der Waals surface area contributed by atoms with Gasteiger partial charge in [-0.3, -0.25) is 0 Å². The molecule has 0 saturated heterocycles. The highest BCUT2D eigenvalue weighted by Gasteiger charge is 2.30. The van der Waals surface area contributed by atoms with Gasteiger partial charge in [0.05, 0.1) is 16.6 Å². The van der Waals surface area contributed by atoms with Crippen LogP contribution in [0.5, 0.6) is 0 Å². The number of nitrogens with zero attached hydrogens (tertiary/aromatic N) is 1. The van der Waals surface area contributed by atoms with Crippen molar-refractivity contribution in [1.82, 2.24) is 9.97 Å². The van der Waals surface area contributed by atoms with Crippen LogP contribution < -0.4 is 0 Å². The molecule has 0 radical (unpaired) electrons. The second-order valence-corrected chi connectivity index (χ2v) is 4.21. The highest BCUT2D eigenvalue weighted by atomic mass is 19.4. The fourth-order valence-corrected chi connectivity index (χ4v) is 1.84. The standard InChI is InChI=1S/C13H15F3N2O/c1-2-19-7-3-4-12-17-10-6-5-9(13(14,15)16)8-11(10)18-12/h5-6,8H,2-4,7H2,1H3,(H,17,18). The number of fused-ring (bicyclic) bond motifs is 1. The van der Waals surface area contributed by atoms with Crippen LogP contribution in [0.3, 0.4) is 0 Å². The molecule has 6 heteroatoms. The fourth-order valence-electron chi connectivity index (χ4n) is 1.84. The van der Waals surface area contributed by atoms with Crippen LogP contribution in [0.25, 0.3) is 11.0 Å². The van der Waals surface area contributed by atoms with E-state index < -0.39 is 11.7 Å². The zero-order valence-corrected chi connectivity index (χ0v) is 10.5. The summed E-state index contributed by atoms with van der Waals surface area (Å²) in [5, 5.41) is 0. The summed E-state index contributed by atoms with van der Waals surface area (Å²) in [6.07, 6.45) is -2.87. The summed E-state index contributed by atoms with van der Waals surface area (Å²) in [5.74, 6) is 0.689. The maximum atomic E-state index is 12.6. The lowest BCUT2D eigenvalue weighted by atomic mass is 10.2. The number of halogens is 3. The lowest BCUT2D eigenvalue weighted by Crippen LogP contribution is -2.04. The van der Waals surface area contributed by atoms with Gasteiger partial charge >= 0.3 is 6.18 Å². The summed E-state index contributed by atoms with van der Waals surface area (Å²) in [5.41, 5.74) is 0.310. The van der Waals surface area contributed by atoms with Gasteiger partial charge in [-0.25, -0.2) is 4.98 Å². The molecule has 0 fully saturated rings. The summed E-state index contributed by atoms with van der Waals surface area (Å²) in [4.78, 5) is 7.17. The molecule has 1 aromatic carbocycles. The predicted molar refractivity (Wildman–Crippen MR) is 65.9 cm³/mol. The number of rotatable bonds is 5. The van der Waals surface area contributed by atoms with E-state index in [4.69, 9.17) is 4.74 Å². The number of alkyl halides is 3. The summed E-state index contributed by atoms with van der Waals surface area (Å²) >= 11 is 0. The van der Waals surface area contributed by atoms with Crippen LogP contribution in [-0.4, -0.2) is 23.2 Å². The summed E-state index contributed by atoms with van der Waals surface area (Å²) in [6.45, 7) is 3.20. The van der Waals surface area contributed by atoms with Crippen molar-refractivity contribution < 1.29 is 17.9 Å². The normalized spacial score (nSPS) is 12.2. The number of hydrogen-bond donors (Lipinski definition) is 1. The highest BCUT2D eigenvalue weighted by molar-refractivity contribution is 5.76. The number of aromatic nitrogens is 2. The highest BCUT2D eigenvalue weighted by Crippen LogP contribution is 2.30. The number of aryl methyl sites for hydroxylation is 1. The van der Waals surface area contributed by atoms with Gasteiger partial charge in [-0.1, -0.05) is 0 Å². The lowest BCUT2D eigenvalue weighted by molar-refractivity contribution is -0.137. The molecular formula is C13H15F3N2O. The van der Waals surface area contributed by atoms with E-state index in [1.807, 2.05) is 6.92 Å². The van der Waals surface area contributed by atoms with E-state index in [0.29, 0.717) is 36.5 Å². The van der Waals surface area contributed by atoms with Gasteiger partial charge in [-0.05, 0) is 31.5 Å². The van der Waals surface area contributed by atoms with Crippen molar-refractivity contribution in [1.29, 1.82) is 0 Å². The molecule has 0 aliphatic heterocycles. The molecule has 2 aromatic rings. The van der Waals surface area contributed by atoms with Crippen LogP contribution in [0.1, 0.15) is 24.7 Å². The Morgan fingerprint density at radius 1 is 1.32 bits per heavy atom. The minimum Gasteiger partial charge on any atom is -0.382 e. The van der Waals surface area contributed by atoms with Gasteiger partial charge in [-0.15, -0.1) is 0 Å². The number of hydrogen-bond acceptors (Lipinski definition) is 2. The predicted octanol–water partition coefficient (Wildman–Crippen LogP) is 3.55. The molecule has 0 aliphatic rings. The van der Waals surface area contributed by atoms with Gasteiger partial charge in [0.2, 0.25) is 0 Å². The number of benzene rings is 1. The molecule has 3 nitrogen and oxygen atoms in total. The third-order valence-electron chi connectivity index (χ3n) is 2.76. The topological polar surface area (TPSA) is 37.9 Å². The largest absolute Gasteiger partial charge is 0.416 e. The molecule has 0 amide bonds. The SMILES string of the molecule is CCOCCCc1nc2ccc(C(F)(F)F)cc2[nH]1. The lowest BCUT2D eigenvalue weighted by Gasteiger charge is -2.05. The maximum absolute atomic E-state index is 12.6. The quantitative estimate of drug-likeness (QED) is 0.845. The molecule has 104 valence electrons. The average Bonchev–Trinajstić information content (AvgIpc) is 2.75. The van der Waals surface area contributed by atoms with E-state index in [0.717, 1.165) is 18.6 Å². The number of nitrogens with one attached hydrogen (secondary N) is 1.